The highest BCUT2D eigenvalue weighted by atomic mass is 16.2. The Morgan fingerprint density at radius 2 is 1.67 bits per heavy atom. The summed E-state index contributed by atoms with van der Waals surface area (Å²) in [6.45, 7) is 3.99. The quantitative estimate of drug-likeness (QED) is 0.247. The molecule has 0 aliphatic carbocycles. The Kier molecular flexibility index (Phi) is 16.5. The smallest absolute Gasteiger partial charge is 0.221 e. The molecule has 0 aromatic carbocycles. The predicted octanol–water partition coefficient (Wildman–Crippen LogP) is 3.12. The SMILES string of the molecule is CCC/C=C/CCC(=O)NCNCCCCCCCCO. The molecule has 0 radical (unpaired) electrons. The van der Waals surface area contributed by atoms with Gasteiger partial charge >= 0.3 is 0 Å². The van der Waals surface area contributed by atoms with Gasteiger partial charge < -0.3 is 10.4 Å². The summed E-state index contributed by atoms with van der Waals surface area (Å²) in [6.07, 6.45) is 14.8. The monoisotopic (exact) mass is 298 g/mol. The molecule has 0 unspecified atom stereocenters. The van der Waals surface area contributed by atoms with Gasteiger partial charge in [0.05, 0.1) is 6.67 Å². The molecular weight excluding hydrogens is 264 g/mol. The van der Waals surface area contributed by atoms with Gasteiger partial charge in [-0.05, 0) is 32.2 Å². The minimum atomic E-state index is 0.118. The highest BCUT2D eigenvalue weighted by molar-refractivity contribution is 5.75. The van der Waals surface area contributed by atoms with Crippen LogP contribution in [0, 0.1) is 0 Å². The molecular formula is C17H34N2O2. The Labute approximate surface area is 130 Å². The molecule has 3 N–H and O–H groups in total. The Balaban J connectivity index is 3.18. The second-order valence-electron chi connectivity index (χ2n) is 5.42. The van der Waals surface area contributed by atoms with Gasteiger partial charge in [-0.3, -0.25) is 10.1 Å². The highest BCUT2D eigenvalue weighted by Crippen LogP contribution is 2.04. The van der Waals surface area contributed by atoms with Crippen LogP contribution in [-0.2, 0) is 4.79 Å². The van der Waals surface area contributed by atoms with E-state index in [0.717, 1.165) is 45.1 Å². The summed E-state index contributed by atoms with van der Waals surface area (Å²) >= 11 is 0. The van der Waals surface area contributed by atoms with Crippen molar-refractivity contribution in [1.82, 2.24) is 10.6 Å². The number of amides is 1. The Morgan fingerprint density at radius 3 is 2.38 bits per heavy atom. The lowest BCUT2D eigenvalue weighted by molar-refractivity contribution is -0.121. The molecule has 4 heteroatoms. The van der Waals surface area contributed by atoms with E-state index in [4.69, 9.17) is 5.11 Å². The molecule has 0 aromatic heterocycles. The minimum Gasteiger partial charge on any atom is -0.396 e. The molecule has 0 fully saturated rings. The standard InChI is InChI=1S/C17H34N2O2/c1-2-3-4-7-10-13-17(21)19-16-18-14-11-8-5-6-9-12-15-20/h4,7,18,20H,2-3,5-6,8-16H2,1H3,(H,19,21)/b7-4+. The van der Waals surface area contributed by atoms with Gasteiger partial charge in [0.15, 0.2) is 0 Å². The van der Waals surface area contributed by atoms with E-state index in [-0.39, 0.29) is 5.91 Å². The van der Waals surface area contributed by atoms with Crippen LogP contribution in [0.3, 0.4) is 0 Å². The van der Waals surface area contributed by atoms with E-state index in [1.54, 1.807) is 0 Å². The third-order valence-electron chi connectivity index (χ3n) is 3.33. The summed E-state index contributed by atoms with van der Waals surface area (Å²) in [7, 11) is 0. The Hall–Kier alpha value is -0.870. The maximum absolute atomic E-state index is 11.5. The van der Waals surface area contributed by atoms with E-state index in [1.165, 1.54) is 19.3 Å². The average molecular weight is 298 g/mol. The van der Waals surface area contributed by atoms with Crippen molar-refractivity contribution >= 4 is 5.91 Å². The molecule has 0 aromatic rings. The largest absolute Gasteiger partial charge is 0.396 e. The van der Waals surface area contributed by atoms with E-state index >= 15 is 0 Å². The molecule has 0 rings (SSSR count). The van der Waals surface area contributed by atoms with Crippen LogP contribution in [0.25, 0.3) is 0 Å². The fourth-order valence-electron chi connectivity index (χ4n) is 2.02. The van der Waals surface area contributed by atoms with E-state index in [1.807, 2.05) is 0 Å². The first kappa shape index (κ1) is 20.1. The van der Waals surface area contributed by atoms with Crippen molar-refractivity contribution < 1.29 is 9.90 Å². The lowest BCUT2D eigenvalue weighted by Gasteiger charge is -2.06. The van der Waals surface area contributed by atoms with Crippen molar-refractivity contribution in [2.45, 2.75) is 71.1 Å². The lowest BCUT2D eigenvalue weighted by Crippen LogP contribution is -2.34. The summed E-state index contributed by atoms with van der Waals surface area (Å²) < 4.78 is 0. The van der Waals surface area contributed by atoms with Gasteiger partial charge in [0, 0.05) is 13.0 Å². The van der Waals surface area contributed by atoms with Crippen molar-refractivity contribution in [2.24, 2.45) is 0 Å². The van der Waals surface area contributed by atoms with Gasteiger partial charge in [-0.2, -0.15) is 0 Å². The fraction of sp³-hybridized carbons (Fsp3) is 0.824. The number of hydrogen-bond donors (Lipinski definition) is 3. The molecule has 0 aliphatic heterocycles. The maximum atomic E-state index is 11.5. The Morgan fingerprint density at radius 1 is 1.00 bits per heavy atom. The van der Waals surface area contributed by atoms with E-state index in [0.29, 0.717) is 19.7 Å². The molecule has 0 heterocycles. The molecule has 0 aliphatic rings. The zero-order valence-corrected chi connectivity index (χ0v) is 13.7. The number of aliphatic hydroxyl groups is 1. The number of carbonyl (C=O) groups excluding carboxylic acids is 1. The molecule has 0 spiro atoms. The molecule has 0 atom stereocenters. The number of nitrogens with one attached hydrogen (secondary N) is 2. The lowest BCUT2D eigenvalue weighted by atomic mass is 10.1. The first-order valence-corrected chi connectivity index (χ1v) is 8.54. The van der Waals surface area contributed by atoms with Crippen LogP contribution >= 0.6 is 0 Å². The summed E-state index contributed by atoms with van der Waals surface area (Å²) in [6, 6.07) is 0. The van der Waals surface area contributed by atoms with Gasteiger partial charge in [-0.1, -0.05) is 51.2 Å². The highest BCUT2D eigenvalue weighted by Gasteiger charge is 1.97. The van der Waals surface area contributed by atoms with E-state index in [9.17, 15) is 4.79 Å². The molecule has 0 saturated heterocycles. The summed E-state index contributed by atoms with van der Waals surface area (Å²) in [4.78, 5) is 11.5. The van der Waals surface area contributed by atoms with Crippen molar-refractivity contribution in [3.8, 4) is 0 Å². The van der Waals surface area contributed by atoms with Crippen LogP contribution in [0.4, 0.5) is 0 Å². The van der Waals surface area contributed by atoms with Gasteiger partial charge in [0.2, 0.25) is 5.91 Å². The second-order valence-corrected chi connectivity index (χ2v) is 5.42. The van der Waals surface area contributed by atoms with Crippen molar-refractivity contribution in [2.75, 3.05) is 19.8 Å². The number of aliphatic hydroxyl groups excluding tert-OH is 1. The summed E-state index contributed by atoms with van der Waals surface area (Å²) in [5, 5.41) is 14.8. The number of rotatable bonds is 15. The van der Waals surface area contributed by atoms with E-state index in [2.05, 4.69) is 29.7 Å². The van der Waals surface area contributed by atoms with Crippen LogP contribution < -0.4 is 10.6 Å². The zero-order valence-electron chi connectivity index (χ0n) is 13.7. The van der Waals surface area contributed by atoms with E-state index < -0.39 is 0 Å². The van der Waals surface area contributed by atoms with Crippen LogP contribution in [0.5, 0.6) is 0 Å². The van der Waals surface area contributed by atoms with Gasteiger partial charge in [-0.25, -0.2) is 0 Å². The molecule has 1 amide bonds. The zero-order chi connectivity index (χ0) is 15.6. The number of unbranched alkanes of at least 4 members (excludes halogenated alkanes) is 6. The molecule has 124 valence electrons. The summed E-state index contributed by atoms with van der Waals surface area (Å²) in [5.41, 5.74) is 0. The average Bonchev–Trinajstić information content (AvgIpc) is 2.49. The normalized spacial score (nSPS) is 11.1. The molecule has 0 saturated carbocycles. The third-order valence-corrected chi connectivity index (χ3v) is 3.33. The summed E-state index contributed by atoms with van der Waals surface area (Å²) in [5.74, 6) is 0.118. The van der Waals surface area contributed by atoms with Gasteiger partial charge in [0.1, 0.15) is 0 Å². The predicted molar refractivity (Wildman–Crippen MR) is 89.1 cm³/mol. The van der Waals surface area contributed by atoms with Crippen LogP contribution in [-0.4, -0.2) is 30.8 Å². The minimum absolute atomic E-state index is 0.118. The van der Waals surface area contributed by atoms with Crippen molar-refractivity contribution in [3.63, 3.8) is 0 Å². The third kappa shape index (κ3) is 17.1. The van der Waals surface area contributed by atoms with Crippen LogP contribution in [0.2, 0.25) is 0 Å². The topological polar surface area (TPSA) is 61.4 Å². The van der Waals surface area contributed by atoms with Crippen molar-refractivity contribution in [3.05, 3.63) is 12.2 Å². The van der Waals surface area contributed by atoms with Crippen molar-refractivity contribution in [1.29, 1.82) is 0 Å². The van der Waals surface area contributed by atoms with Crippen LogP contribution in [0.15, 0.2) is 12.2 Å². The first-order valence-electron chi connectivity index (χ1n) is 8.54. The maximum Gasteiger partial charge on any atom is 0.221 e. The van der Waals surface area contributed by atoms with Gasteiger partial charge in [0.25, 0.3) is 0 Å². The molecule has 0 bridgehead atoms. The number of hydrogen-bond acceptors (Lipinski definition) is 3. The number of allylic oxidation sites excluding steroid dienone is 2. The molecule has 4 nitrogen and oxygen atoms in total. The molecule has 21 heavy (non-hydrogen) atoms. The van der Waals surface area contributed by atoms with Crippen LogP contribution in [0.1, 0.15) is 71.1 Å². The second kappa shape index (κ2) is 17.2. The Bertz CT molecular complexity index is 255. The van der Waals surface area contributed by atoms with Gasteiger partial charge in [-0.15, -0.1) is 0 Å². The first-order chi connectivity index (χ1) is 10.3. The fourth-order valence-corrected chi connectivity index (χ4v) is 2.02. The number of carbonyl (C=O) groups is 1.